The zero-order chi connectivity index (χ0) is 22.0. The lowest BCUT2D eigenvalue weighted by atomic mass is 10.2. The summed E-state index contributed by atoms with van der Waals surface area (Å²) >= 11 is 1.23. The number of hydrogen-bond acceptors (Lipinski definition) is 5. The van der Waals surface area contributed by atoms with E-state index < -0.39 is 0 Å². The Morgan fingerprint density at radius 2 is 1.94 bits per heavy atom. The van der Waals surface area contributed by atoms with Crippen LogP contribution in [-0.4, -0.2) is 22.1 Å². The van der Waals surface area contributed by atoms with Gasteiger partial charge < -0.3 is 10.1 Å². The fraction of sp³-hybridized carbons (Fsp3) is 0.208. The molecule has 6 nitrogen and oxygen atoms in total. The second kappa shape index (κ2) is 8.73. The Morgan fingerprint density at radius 3 is 2.71 bits per heavy atom. The number of fused-ring (bicyclic) bond motifs is 1. The van der Waals surface area contributed by atoms with Crippen molar-refractivity contribution < 1.29 is 9.53 Å². The highest BCUT2D eigenvalue weighted by molar-refractivity contribution is 7.20. The molecule has 0 radical (unpaired) electrons. The van der Waals surface area contributed by atoms with Crippen molar-refractivity contribution in [2.24, 2.45) is 0 Å². The van der Waals surface area contributed by atoms with Crippen molar-refractivity contribution in [1.82, 2.24) is 9.55 Å². The molecule has 2 aromatic heterocycles. The van der Waals surface area contributed by atoms with E-state index in [1.165, 1.54) is 22.2 Å². The van der Waals surface area contributed by atoms with Crippen LogP contribution in [0.5, 0.6) is 5.75 Å². The Balaban J connectivity index is 1.55. The number of carbonyl (C=O) groups is 1. The van der Waals surface area contributed by atoms with Crippen LogP contribution in [0, 0.1) is 20.8 Å². The Hall–Kier alpha value is -3.45. The summed E-state index contributed by atoms with van der Waals surface area (Å²) in [5.41, 5.74) is 3.33. The van der Waals surface area contributed by atoms with Crippen LogP contribution < -0.4 is 15.6 Å². The highest BCUT2D eigenvalue weighted by Gasteiger charge is 2.20. The molecule has 0 bridgehead atoms. The number of hydrogen-bond donors (Lipinski definition) is 1. The molecular formula is C24H23N3O3S. The lowest BCUT2D eigenvalue weighted by Crippen LogP contribution is -2.23. The Morgan fingerprint density at radius 1 is 1.13 bits per heavy atom. The van der Waals surface area contributed by atoms with E-state index in [1.54, 1.807) is 6.92 Å². The molecule has 0 fully saturated rings. The molecule has 1 amide bonds. The number of rotatable bonds is 6. The lowest BCUT2D eigenvalue weighted by molar-refractivity contribution is 0.103. The quantitative estimate of drug-likeness (QED) is 0.478. The number of benzene rings is 2. The topological polar surface area (TPSA) is 73.2 Å². The van der Waals surface area contributed by atoms with Crippen LogP contribution in [0.2, 0.25) is 0 Å². The van der Waals surface area contributed by atoms with Gasteiger partial charge in [0.25, 0.3) is 11.5 Å². The van der Waals surface area contributed by atoms with Crippen molar-refractivity contribution in [2.75, 3.05) is 11.9 Å². The average Bonchev–Trinajstić information content (AvgIpc) is 3.09. The molecule has 7 heteroatoms. The molecule has 158 valence electrons. The van der Waals surface area contributed by atoms with Gasteiger partial charge in [0.15, 0.2) is 0 Å². The van der Waals surface area contributed by atoms with Crippen LogP contribution in [0.4, 0.5) is 5.69 Å². The molecule has 31 heavy (non-hydrogen) atoms. The van der Waals surface area contributed by atoms with Crippen molar-refractivity contribution in [2.45, 2.75) is 27.3 Å². The fourth-order valence-corrected chi connectivity index (χ4v) is 4.43. The first kappa shape index (κ1) is 20.8. The number of nitrogens with one attached hydrogen (secondary N) is 1. The first-order chi connectivity index (χ1) is 14.9. The van der Waals surface area contributed by atoms with E-state index in [0.29, 0.717) is 33.8 Å². The van der Waals surface area contributed by atoms with Gasteiger partial charge in [-0.25, -0.2) is 4.98 Å². The van der Waals surface area contributed by atoms with E-state index in [1.807, 2.05) is 62.4 Å². The number of carbonyl (C=O) groups excluding carboxylic acids is 1. The first-order valence-electron chi connectivity index (χ1n) is 9.99. The summed E-state index contributed by atoms with van der Waals surface area (Å²) < 4.78 is 7.29. The van der Waals surface area contributed by atoms with Gasteiger partial charge in [0.05, 0.1) is 23.1 Å². The molecule has 2 aromatic carbocycles. The Bertz CT molecular complexity index is 1320. The molecule has 0 aliphatic carbocycles. The van der Waals surface area contributed by atoms with Crippen LogP contribution >= 0.6 is 11.3 Å². The summed E-state index contributed by atoms with van der Waals surface area (Å²) in [7, 11) is 0. The van der Waals surface area contributed by atoms with E-state index in [0.717, 1.165) is 22.6 Å². The summed E-state index contributed by atoms with van der Waals surface area (Å²) in [4.78, 5) is 31.4. The second-order valence-corrected chi connectivity index (χ2v) is 8.41. The number of aryl methyl sites for hydroxylation is 3. The van der Waals surface area contributed by atoms with E-state index in [-0.39, 0.29) is 11.5 Å². The molecule has 4 aromatic rings. The average molecular weight is 434 g/mol. The number of para-hydroxylation sites is 1. The molecule has 4 rings (SSSR count). The van der Waals surface area contributed by atoms with Gasteiger partial charge in [-0.1, -0.05) is 30.3 Å². The molecule has 0 saturated carbocycles. The van der Waals surface area contributed by atoms with Gasteiger partial charge in [-0.3, -0.25) is 14.2 Å². The molecule has 2 heterocycles. The number of thiophene rings is 1. The van der Waals surface area contributed by atoms with Gasteiger partial charge in [-0.05, 0) is 55.7 Å². The van der Waals surface area contributed by atoms with Crippen molar-refractivity contribution in [3.05, 3.63) is 86.8 Å². The Labute approximate surface area is 184 Å². The minimum Gasteiger partial charge on any atom is -0.492 e. The van der Waals surface area contributed by atoms with Gasteiger partial charge in [0.1, 0.15) is 17.2 Å². The third kappa shape index (κ3) is 4.36. The van der Waals surface area contributed by atoms with Crippen molar-refractivity contribution in [3.63, 3.8) is 0 Å². The van der Waals surface area contributed by atoms with Crippen LogP contribution in [0.25, 0.3) is 10.2 Å². The third-order valence-corrected chi connectivity index (χ3v) is 6.31. The second-order valence-electron chi connectivity index (χ2n) is 7.41. The minimum absolute atomic E-state index is 0.165. The van der Waals surface area contributed by atoms with E-state index in [4.69, 9.17) is 4.74 Å². The molecular weight excluding hydrogens is 410 g/mol. The SMILES string of the molecule is Cc1cccc(OCCn2cnc3sc(C(=O)Nc4ccccc4C)c(C)c3c2=O)c1. The maximum atomic E-state index is 13.0. The van der Waals surface area contributed by atoms with E-state index >= 15 is 0 Å². The molecule has 0 spiro atoms. The van der Waals surface area contributed by atoms with E-state index in [2.05, 4.69) is 10.3 Å². The lowest BCUT2D eigenvalue weighted by Gasteiger charge is -2.09. The summed E-state index contributed by atoms with van der Waals surface area (Å²) in [5, 5.41) is 3.42. The third-order valence-electron chi connectivity index (χ3n) is 5.11. The van der Waals surface area contributed by atoms with Crippen molar-refractivity contribution >= 4 is 33.1 Å². The summed E-state index contributed by atoms with van der Waals surface area (Å²) in [6, 6.07) is 15.4. The van der Waals surface area contributed by atoms with Crippen molar-refractivity contribution in [1.29, 1.82) is 0 Å². The van der Waals surface area contributed by atoms with Gasteiger partial charge in [-0.2, -0.15) is 0 Å². The maximum absolute atomic E-state index is 13.0. The predicted molar refractivity (Wildman–Crippen MR) is 124 cm³/mol. The van der Waals surface area contributed by atoms with Gasteiger partial charge in [0, 0.05) is 5.69 Å². The molecule has 0 aliphatic heterocycles. The zero-order valence-electron chi connectivity index (χ0n) is 17.6. The van der Waals surface area contributed by atoms with Crippen LogP contribution in [0.15, 0.2) is 59.7 Å². The largest absolute Gasteiger partial charge is 0.492 e. The van der Waals surface area contributed by atoms with Crippen LogP contribution in [0.1, 0.15) is 26.4 Å². The predicted octanol–water partition coefficient (Wildman–Crippen LogP) is 4.71. The molecule has 0 saturated heterocycles. The molecule has 0 aliphatic rings. The first-order valence-corrected chi connectivity index (χ1v) is 10.8. The zero-order valence-corrected chi connectivity index (χ0v) is 18.5. The normalized spacial score (nSPS) is 10.9. The van der Waals surface area contributed by atoms with Gasteiger partial charge in [-0.15, -0.1) is 11.3 Å². The standard InChI is InChI=1S/C24H23N3O3S/c1-15-7-6-9-18(13-15)30-12-11-27-14-25-23-20(24(27)29)17(3)21(31-23)22(28)26-19-10-5-4-8-16(19)2/h4-10,13-14H,11-12H2,1-3H3,(H,26,28). The summed E-state index contributed by atoms with van der Waals surface area (Å²) in [5.74, 6) is 0.535. The summed E-state index contributed by atoms with van der Waals surface area (Å²) in [6.45, 7) is 6.45. The molecule has 0 unspecified atom stereocenters. The maximum Gasteiger partial charge on any atom is 0.266 e. The van der Waals surface area contributed by atoms with Crippen molar-refractivity contribution in [3.8, 4) is 5.75 Å². The monoisotopic (exact) mass is 433 g/mol. The number of amides is 1. The number of aromatic nitrogens is 2. The van der Waals surface area contributed by atoms with Gasteiger partial charge >= 0.3 is 0 Å². The fourth-order valence-electron chi connectivity index (χ4n) is 3.39. The smallest absolute Gasteiger partial charge is 0.266 e. The number of ether oxygens (including phenoxy) is 1. The Kier molecular flexibility index (Phi) is 5.86. The molecule has 1 N–H and O–H groups in total. The molecule has 0 atom stereocenters. The highest BCUT2D eigenvalue weighted by Crippen LogP contribution is 2.28. The summed E-state index contributed by atoms with van der Waals surface area (Å²) in [6.07, 6.45) is 1.52. The van der Waals surface area contributed by atoms with Gasteiger partial charge in [0.2, 0.25) is 0 Å². The van der Waals surface area contributed by atoms with E-state index in [9.17, 15) is 9.59 Å². The highest BCUT2D eigenvalue weighted by atomic mass is 32.1. The van der Waals surface area contributed by atoms with Crippen LogP contribution in [0.3, 0.4) is 0 Å². The minimum atomic E-state index is -0.233. The number of anilines is 1. The number of nitrogens with zero attached hydrogens (tertiary/aromatic N) is 2. The van der Waals surface area contributed by atoms with Crippen LogP contribution in [-0.2, 0) is 6.54 Å².